The van der Waals surface area contributed by atoms with Gasteiger partial charge in [0.05, 0.1) is 17.9 Å². The Balaban J connectivity index is 2.33. The second kappa shape index (κ2) is 4.18. The van der Waals surface area contributed by atoms with E-state index in [1.54, 1.807) is 6.92 Å². The van der Waals surface area contributed by atoms with Gasteiger partial charge in [0, 0.05) is 0 Å². The zero-order valence-electron chi connectivity index (χ0n) is 9.39. The van der Waals surface area contributed by atoms with Crippen LogP contribution in [0.25, 0.3) is 0 Å². The van der Waals surface area contributed by atoms with E-state index >= 15 is 0 Å². The van der Waals surface area contributed by atoms with Gasteiger partial charge in [0.25, 0.3) is 0 Å². The molecular formula is C10H17N3O2S. The summed E-state index contributed by atoms with van der Waals surface area (Å²) in [6.07, 6.45) is 7.15. The molecule has 5 nitrogen and oxygen atoms in total. The molecule has 1 aliphatic rings. The number of aromatic nitrogens is 2. The van der Waals surface area contributed by atoms with Gasteiger partial charge in [-0.2, -0.15) is 5.10 Å². The quantitative estimate of drug-likeness (QED) is 0.851. The Labute approximate surface area is 95.7 Å². The van der Waals surface area contributed by atoms with Crippen molar-refractivity contribution in [3.05, 3.63) is 11.9 Å². The SMILES string of the molecule is Cc1c(S(N)(=O)=O)cnn1C1CCCCC1. The van der Waals surface area contributed by atoms with Gasteiger partial charge in [0.1, 0.15) is 4.90 Å². The number of nitrogens with zero attached hydrogens (tertiary/aromatic N) is 2. The number of sulfonamides is 1. The third kappa shape index (κ3) is 2.12. The van der Waals surface area contributed by atoms with E-state index in [9.17, 15) is 8.42 Å². The second-order valence-electron chi connectivity index (χ2n) is 4.38. The Bertz CT molecular complexity index is 472. The lowest BCUT2D eigenvalue weighted by molar-refractivity contribution is 0.324. The molecule has 0 aliphatic heterocycles. The standard InChI is InChI=1S/C10H17N3O2S/c1-8-10(16(11,14)15)7-12-13(8)9-5-3-2-4-6-9/h7,9H,2-6H2,1H3,(H2,11,14,15). The van der Waals surface area contributed by atoms with E-state index in [1.807, 2.05) is 4.68 Å². The van der Waals surface area contributed by atoms with Crippen molar-refractivity contribution in [3.8, 4) is 0 Å². The Morgan fingerprint density at radius 1 is 1.38 bits per heavy atom. The van der Waals surface area contributed by atoms with Crippen molar-refractivity contribution in [1.82, 2.24) is 9.78 Å². The third-order valence-corrected chi connectivity index (χ3v) is 4.24. The highest BCUT2D eigenvalue weighted by Crippen LogP contribution is 2.29. The van der Waals surface area contributed by atoms with Gasteiger partial charge >= 0.3 is 0 Å². The molecule has 90 valence electrons. The Hall–Kier alpha value is -0.880. The zero-order chi connectivity index (χ0) is 11.8. The summed E-state index contributed by atoms with van der Waals surface area (Å²) in [6, 6.07) is 0.337. The smallest absolute Gasteiger partial charge is 0.241 e. The molecule has 1 fully saturated rings. The van der Waals surface area contributed by atoms with E-state index in [1.165, 1.54) is 25.5 Å². The highest BCUT2D eigenvalue weighted by atomic mass is 32.2. The van der Waals surface area contributed by atoms with Gasteiger partial charge in [0.15, 0.2) is 0 Å². The first-order valence-electron chi connectivity index (χ1n) is 5.57. The molecule has 0 unspecified atom stereocenters. The van der Waals surface area contributed by atoms with Crippen LogP contribution < -0.4 is 5.14 Å². The lowest BCUT2D eigenvalue weighted by atomic mass is 9.95. The van der Waals surface area contributed by atoms with Crippen molar-refractivity contribution >= 4 is 10.0 Å². The van der Waals surface area contributed by atoms with Crippen LogP contribution in [0.5, 0.6) is 0 Å². The Morgan fingerprint density at radius 3 is 2.50 bits per heavy atom. The molecule has 1 aromatic heterocycles. The Morgan fingerprint density at radius 2 is 2.00 bits per heavy atom. The van der Waals surface area contributed by atoms with Crippen molar-refractivity contribution < 1.29 is 8.42 Å². The number of rotatable bonds is 2. The number of hydrogen-bond donors (Lipinski definition) is 1. The molecule has 2 N–H and O–H groups in total. The monoisotopic (exact) mass is 243 g/mol. The highest BCUT2D eigenvalue weighted by molar-refractivity contribution is 7.89. The maximum Gasteiger partial charge on any atom is 0.241 e. The summed E-state index contributed by atoms with van der Waals surface area (Å²) in [6.45, 7) is 1.77. The largest absolute Gasteiger partial charge is 0.265 e. The summed E-state index contributed by atoms with van der Waals surface area (Å²) in [4.78, 5) is 0.151. The first-order chi connectivity index (χ1) is 7.50. The fourth-order valence-electron chi connectivity index (χ4n) is 2.38. The van der Waals surface area contributed by atoms with Crippen molar-refractivity contribution in [2.45, 2.75) is 50.0 Å². The van der Waals surface area contributed by atoms with Crippen molar-refractivity contribution in [3.63, 3.8) is 0 Å². The Kier molecular flexibility index (Phi) is 3.03. The van der Waals surface area contributed by atoms with Gasteiger partial charge in [-0.15, -0.1) is 0 Å². The summed E-state index contributed by atoms with van der Waals surface area (Å²) >= 11 is 0. The predicted octanol–water partition coefficient (Wildman–Crippen LogP) is 1.34. The lowest BCUT2D eigenvalue weighted by Crippen LogP contribution is -2.17. The van der Waals surface area contributed by atoms with Crippen LogP contribution in [0.1, 0.15) is 43.8 Å². The van der Waals surface area contributed by atoms with Gasteiger partial charge < -0.3 is 0 Å². The summed E-state index contributed by atoms with van der Waals surface area (Å²) in [5, 5.41) is 9.28. The van der Waals surface area contributed by atoms with Gasteiger partial charge in [0.2, 0.25) is 10.0 Å². The van der Waals surface area contributed by atoms with E-state index in [2.05, 4.69) is 5.10 Å². The zero-order valence-corrected chi connectivity index (χ0v) is 10.2. The highest BCUT2D eigenvalue weighted by Gasteiger charge is 2.22. The lowest BCUT2D eigenvalue weighted by Gasteiger charge is -2.23. The summed E-state index contributed by atoms with van der Waals surface area (Å²) < 4.78 is 24.4. The number of primary sulfonamides is 1. The van der Waals surface area contributed by atoms with Crippen LogP contribution in [0, 0.1) is 6.92 Å². The molecule has 0 saturated heterocycles. The van der Waals surface area contributed by atoms with Gasteiger partial charge in [-0.1, -0.05) is 19.3 Å². The fraction of sp³-hybridized carbons (Fsp3) is 0.700. The molecule has 0 atom stereocenters. The molecular weight excluding hydrogens is 226 g/mol. The van der Waals surface area contributed by atoms with Crippen molar-refractivity contribution in [1.29, 1.82) is 0 Å². The topological polar surface area (TPSA) is 78.0 Å². The minimum atomic E-state index is -3.63. The van der Waals surface area contributed by atoms with E-state index in [0.717, 1.165) is 12.8 Å². The minimum Gasteiger partial charge on any atom is -0.265 e. The normalized spacial score (nSPS) is 18.9. The maximum absolute atomic E-state index is 11.3. The molecule has 2 rings (SSSR count). The van der Waals surface area contributed by atoms with Crippen molar-refractivity contribution in [2.75, 3.05) is 0 Å². The molecule has 0 bridgehead atoms. The van der Waals surface area contributed by atoms with E-state index in [-0.39, 0.29) is 4.90 Å². The van der Waals surface area contributed by atoms with E-state index in [4.69, 9.17) is 5.14 Å². The van der Waals surface area contributed by atoms with Crippen LogP contribution in [0.4, 0.5) is 0 Å². The van der Waals surface area contributed by atoms with Gasteiger partial charge in [-0.25, -0.2) is 13.6 Å². The van der Waals surface area contributed by atoms with Crippen LogP contribution in [0.2, 0.25) is 0 Å². The maximum atomic E-state index is 11.3. The molecule has 16 heavy (non-hydrogen) atoms. The van der Waals surface area contributed by atoms with Gasteiger partial charge in [-0.05, 0) is 19.8 Å². The molecule has 1 heterocycles. The summed E-state index contributed by atoms with van der Waals surface area (Å²) in [5.74, 6) is 0. The molecule has 1 saturated carbocycles. The second-order valence-corrected chi connectivity index (χ2v) is 5.91. The summed E-state index contributed by atoms with van der Waals surface area (Å²) in [7, 11) is -3.63. The van der Waals surface area contributed by atoms with E-state index in [0.29, 0.717) is 11.7 Å². The van der Waals surface area contributed by atoms with Crippen LogP contribution >= 0.6 is 0 Å². The minimum absolute atomic E-state index is 0.151. The molecule has 6 heteroatoms. The first-order valence-corrected chi connectivity index (χ1v) is 7.11. The average molecular weight is 243 g/mol. The molecule has 1 aromatic rings. The van der Waals surface area contributed by atoms with E-state index < -0.39 is 10.0 Å². The molecule has 0 aromatic carbocycles. The first kappa shape index (κ1) is 11.6. The van der Waals surface area contributed by atoms with Crippen molar-refractivity contribution in [2.24, 2.45) is 5.14 Å². The summed E-state index contributed by atoms with van der Waals surface area (Å²) in [5.41, 5.74) is 0.661. The molecule has 0 radical (unpaired) electrons. The molecule has 1 aliphatic carbocycles. The molecule has 0 amide bonds. The fourth-order valence-corrected chi connectivity index (χ4v) is 3.08. The van der Waals surface area contributed by atoms with Crippen LogP contribution in [0.3, 0.4) is 0 Å². The predicted molar refractivity (Wildman–Crippen MR) is 60.5 cm³/mol. The molecule has 0 spiro atoms. The number of nitrogens with two attached hydrogens (primary N) is 1. The average Bonchev–Trinajstić information content (AvgIpc) is 2.61. The van der Waals surface area contributed by atoms with Crippen LogP contribution in [-0.4, -0.2) is 18.2 Å². The van der Waals surface area contributed by atoms with Crippen LogP contribution in [-0.2, 0) is 10.0 Å². The van der Waals surface area contributed by atoms with Gasteiger partial charge in [-0.3, -0.25) is 4.68 Å². The number of hydrogen-bond acceptors (Lipinski definition) is 3. The van der Waals surface area contributed by atoms with Crippen LogP contribution in [0.15, 0.2) is 11.1 Å². The third-order valence-electron chi connectivity index (χ3n) is 3.23.